The van der Waals surface area contributed by atoms with E-state index in [1.54, 1.807) is 12.1 Å². The lowest BCUT2D eigenvalue weighted by Gasteiger charge is -2.29. The standard InChI is InChI=1S/C21H26N2O3S/c1-4-15(2)18-9-5-6-10-19(18)22-21(24)17-11-12-20-16(14-17)8-7-13-23(20)27(3,25)26/h5-6,9-12,14-15H,4,7-8,13H2,1-3H3,(H,22,24)/t15-/m1/s1. The Bertz CT molecular complexity index is 954. The third-order valence-corrected chi connectivity index (χ3v) is 6.35. The summed E-state index contributed by atoms with van der Waals surface area (Å²) < 4.78 is 25.4. The van der Waals surface area contributed by atoms with Gasteiger partial charge in [-0.1, -0.05) is 32.0 Å². The Morgan fingerprint density at radius 1 is 1.22 bits per heavy atom. The minimum Gasteiger partial charge on any atom is -0.322 e. The molecule has 6 heteroatoms. The molecule has 0 unspecified atom stereocenters. The highest BCUT2D eigenvalue weighted by Gasteiger charge is 2.24. The van der Waals surface area contributed by atoms with Gasteiger partial charge in [0, 0.05) is 17.8 Å². The average molecular weight is 387 g/mol. The molecule has 5 nitrogen and oxygen atoms in total. The number of amides is 1. The maximum absolute atomic E-state index is 12.8. The number of aryl methyl sites for hydroxylation is 1. The third kappa shape index (κ3) is 4.16. The molecule has 0 aromatic heterocycles. The zero-order valence-corrected chi connectivity index (χ0v) is 16.8. The van der Waals surface area contributed by atoms with Crippen LogP contribution in [0, 0.1) is 0 Å². The number of carbonyl (C=O) groups is 1. The molecule has 1 aliphatic heterocycles. The van der Waals surface area contributed by atoms with E-state index in [0.717, 1.165) is 36.1 Å². The van der Waals surface area contributed by atoms with Crippen molar-refractivity contribution in [3.05, 3.63) is 59.2 Å². The van der Waals surface area contributed by atoms with Gasteiger partial charge in [0.05, 0.1) is 11.9 Å². The topological polar surface area (TPSA) is 66.5 Å². The summed E-state index contributed by atoms with van der Waals surface area (Å²) in [6.45, 7) is 4.75. The maximum Gasteiger partial charge on any atom is 0.255 e. The lowest BCUT2D eigenvalue weighted by molar-refractivity contribution is 0.102. The van der Waals surface area contributed by atoms with Gasteiger partial charge in [0.25, 0.3) is 5.91 Å². The van der Waals surface area contributed by atoms with Crippen LogP contribution in [0.4, 0.5) is 11.4 Å². The van der Waals surface area contributed by atoms with Crippen LogP contribution in [0.5, 0.6) is 0 Å². The van der Waals surface area contributed by atoms with Gasteiger partial charge in [-0.05, 0) is 60.6 Å². The van der Waals surface area contributed by atoms with Crippen LogP contribution in [0.1, 0.15) is 54.1 Å². The average Bonchev–Trinajstić information content (AvgIpc) is 2.66. The van der Waals surface area contributed by atoms with Crippen molar-refractivity contribution in [2.75, 3.05) is 22.4 Å². The van der Waals surface area contributed by atoms with Crippen LogP contribution in [0.3, 0.4) is 0 Å². The lowest BCUT2D eigenvalue weighted by atomic mass is 9.96. The Balaban J connectivity index is 1.88. The summed E-state index contributed by atoms with van der Waals surface area (Å²) in [7, 11) is -3.31. The Hall–Kier alpha value is -2.34. The minimum atomic E-state index is -3.31. The van der Waals surface area contributed by atoms with Crippen LogP contribution >= 0.6 is 0 Å². The number of hydrogen-bond donors (Lipinski definition) is 1. The van der Waals surface area contributed by atoms with Gasteiger partial charge < -0.3 is 5.32 Å². The number of hydrogen-bond acceptors (Lipinski definition) is 3. The molecular formula is C21H26N2O3S. The normalized spacial score (nSPS) is 15.1. The van der Waals surface area contributed by atoms with E-state index in [2.05, 4.69) is 19.2 Å². The van der Waals surface area contributed by atoms with Gasteiger partial charge >= 0.3 is 0 Å². The number of benzene rings is 2. The van der Waals surface area contributed by atoms with Crippen molar-refractivity contribution in [3.63, 3.8) is 0 Å². The quantitative estimate of drug-likeness (QED) is 0.839. The first-order chi connectivity index (χ1) is 12.8. The molecule has 27 heavy (non-hydrogen) atoms. The van der Waals surface area contributed by atoms with Crippen molar-refractivity contribution in [2.45, 2.75) is 39.0 Å². The molecule has 0 saturated carbocycles. The van der Waals surface area contributed by atoms with Crippen LogP contribution in [-0.4, -0.2) is 27.1 Å². The Morgan fingerprint density at radius 3 is 2.67 bits per heavy atom. The number of anilines is 2. The molecule has 1 N–H and O–H groups in total. The van der Waals surface area contributed by atoms with Crippen molar-refractivity contribution in [2.24, 2.45) is 0 Å². The summed E-state index contributed by atoms with van der Waals surface area (Å²) in [6, 6.07) is 13.1. The van der Waals surface area contributed by atoms with Gasteiger partial charge in [-0.2, -0.15) is 0 Å². The molecule has 2 aromatic rings. The summed E-state index contributed by atoms with van der Waals surface area (Å²) in [5.41, 5.74) is 4.07. The highest BCUT2D eigenvalue weighted by molar-refractivity contribution is 7.92. The first kappa shape index (κ1) is 19.4. The number of carbonyl (C=O) groups excluding carboxylic acids is 1. The summed E-state index contributed by atoms with van der Waals surface area (Å²) in [5, 5.41) is 3.02. The minimum absolute atomic E-state index is 0.176. The van der Waals surface area contributed by atoms with Crippen LogP contribution in [0.2, 0.25) is 0 Å². The number of fused-ring (bicyclic) bond motifs is 1. The molecule has 1 aliphatic rings. The summed E-state index contributed by atoms with van der Waals surface area (Å²) in [5.74, 6) is 0.179. The molecule has 1 amide bonds. The summed E-state index contributed by atoms with van der Waals surface area (Å²) in [6.07, 6.45) is 3.73. The second kappa shape index (κ2) is 7.72. The molecule has 144 valence electrons. The zero-order valence-electron chi connectivity index (χ0n) is 16.0. The van der Waals surface area contributed by atoms with Crippen molar-refractivity contribution in [1.82, 2.24) is 0 Å². The molecule has 2 aromatic carbocycles. The highest BCUT2D eigenvalue weighted by atomic mass is 32.2. The van der Waals surface area contributed by atoms with E-state index in [9.17, 15) is 13.2 Å². The van der Waals surface area contributed by atoms with E-state index in [0.29, 0.717) is 23.7 Å². The van der Waals surface area contributed by atoms with Crippen LogP contribution in [-0.2, 0) is 16.4 Å². The first-order valence-electron chi connectivity index (χ1n) is 9.32. The number of nitrogens with one attached hydrogen (secondary N) is 1. The second-order valence-electron chi connectivity index (χ2n) is 7.13. The number of nitrogens with zero attached hydrogens (tertiary/aromatic N) is 1. The fraction of sp³-hybridized carbons (Fsp3) is 0.381. The fourth-order valence-electron chi connectivity index (χ4n) is 3.50. The summed E-state index contributed by atoms with van der Waals surface area (Å²) >= 11 is 0. The fourth-order valence-corrected chi connectivity index (χ4v) is 4.50. The number of para-hydroxylation sites is 1. The monoisotopic (exact) mass is 386 g/mol. The van der Waals surface area contributed by atoms with Crippen molar-refractivity contribution in [1.29, 1.82) is 0 Å². The lowest BCUT2D eigenvalue weighted by Crippen LogP contribution is -2.34. The van der Waals surface area contributed by atoms with Gasteiger partial charge in [0.15, 0.2) is 0 Å². The largest absolute Gasteiger partial charge is 0.322 e. The third-order valence-electron chi connectivity index (χ3n) is 5.17. The first-order valence-corrected chi connectivity index (χ1v) is 11.2. The van der Waals surface area contributed by atoms with Gasteiger partial charge in [-0.15, -0.1) is 0 Å². The van der Waals surface area contributed by atoms with Crippen molar-refractivity contribution < 1.29 is 13.2 Å². The number of sulfonamides is 1. The molecule has 0 aliphatic carbocycles. The summed E-state index contributed by atoms with van der Waals surface area (Å²) in [4.78, 5) is 12.8. The molecule has 0 bridgehead atoms. The molecule has 0 radical (unpaired) electrons. The predicted octanol–water partition coefficient (Wildman–Crippen LogP) is 4.16. The smallest absolute Gasteiger partial charge is 0.255 e. The molecule has 1 heterocycles. The van der Waals surface area contributed by atoms with E-state index in [-0.39, 0.29) is 5.91 Å². The van der Waals surface area contributed by atoms with Crippen molar-refractivity contribution >= 4 is 27.3 Å². The van der Waals surface area contributed by atoms with E-state index in [1.165, 1.54) is 10.6 Å². The van der Waals surface area contributed by atoms with Gasteiger partial charge in [-0.25, -0.2) is 8.42 Å². The molecule has 0 saturated heterocycles. The molecule has 0 spiro atoms. The van der Waals surface area contributed by atoms with Gasteiger partial charge in [0.2, 0.25) is 10.0 Å². The van der Waals surface area contributed by atoms with E-state index in [4.69, 9.17) is 0 Å². The van der Waals surface area contributed by atoms with Crippen LogP contribution in [0.15, 0.2) is 42.5 Å². The molecule has 0 fully saturated rings. The maximum atomic E-state index is 12.8. The van der Waals surface area contributed by atoms with E-state index in [1.807, 2.05) is 30.3 Å². The number of rotatable bonds is 5. The van der Waals surface area contributed by atoms with Crippen LogP contribution < -0.4 is 9.62 Å². The Labute approximate surface area is 161 Å². The van der Waals surface area contributed by atoms with Crippen LogP contribution in [0.25, 0.3) is 0 Å². The SMILES string of the molecule is CC[C@@H](C)c1ccccc1NC(=O)c1ccc2c(c1)CCCN2S(C)(=O)=O. The van der Waals surface area contributed by atoms with E-state index < -0.39 is 10.0 Å². The van der Waals surface area contributed by atoms with Gasteiger partial charge in [0.1, 0.15) is 0 Å². The second-order valence-corrected chi connectivity index (χ2v) is 9.04. The highest BCUT2D eigenvalue weighted by Crippen LogP contribution is 2.31. The molecule has 1 atom stereocenters. The molecular weight excluding hydrogens is 360 g/mol. The zero-order chi connectivity index (χ0) is 19.6. The van der Waals surface area contributed by atoms with E-state index >= 15 is 0 Å². The molecule has 3 rings (SSSR count). The van der Waals surface area contributed by atoms with Gasteiger partial charge in [-0.3, -0.25) is 9.10 Å². The Kier molecular flexibility index (Phi) is 5.56. The Morgan fingerprint density at radius 2 is 1.96 bits per heavy atom. The predicted molar refractivity (Wildman–Crippen MR) is 110 cm³/mol. The van der Waals surface area contributed by atoms with Crippen molar-refractivity contribution in [3.8, 4) is 0 Å².